The first-order valence-corrected chi connectivity index (χ1v) is 9.63. The van der Waals surface area contributed by atoms with Crippen molar-refractivity contribution in [3.05, 3.63) is 28.2 Å². The highest BCUT2D eigenvalue weighted by atomic mass is 79.9. The fraction of sp³-hybridized carbons (Fsp3) is 0.600. The molecule has 0 aromatic heterocycles. The van der Waals surface area contributed by atoms with E-state index in [9.17, 15) is 8.42 Å². The van der Waals surface area contributed by atoms with E-state index in [0.717, 1.165) is 29.3 Å². The van der Waals surface area contributed by atoms with Crippen LogP contribution in [0.15, 0.2) is 27.6 Å². The van der Waals surface area contributed by atoms with Crippen LogP contribution >= 0.6 is 15.9 Å². The summed E-state index contributed by atoms with van der Waals surface area (Å²) in [6.45, 7) is 3.11. The molecule has 3 atom stereocenters. The summed E-state index contributed by atoms with van der Waals surface area (Å²) in [5.74, 6) is 0.906. The standard InChI is InChI=1S/C15H21BrN2O2S/c1-10-2-4-13(16)7-15(10)21(19,20)18-8-11-3-5-14(17)6-12(11)9-18/h2,4,7,11-12,14H,3,5-6,8-9,17H2,1H3/t11-,12+,14?/m1/s1. The summed E-state index contributed by atoms with van der Waals surface area (Å²) in [5, 5.41) is 0. The van der Waals surface area contributed by atoms with Gasteiger partial charge >= 0.3 is 0 Å². The first-order valence-electron chi connectivity index (χ1n) is 7.40. The number of sulfonamides is 1. The molecule has 1 aromatic carbocycles. The van der Waals surface area contributed by atoms with Gasteiger partial charge in [0.25, 0.3) is 0 Å². The van der Waals surface area contributed by atoms with Crippen molar-refractivity contribution in [2.45, 2.75) is 37.1 Å². The first kappa shape index (κ1) is 15.5. The lowest BCUT2D eigenvalue weighted by Gasteiger charge is -2.28. The van der Waals surface area contributed by atoms with Gasteiger partial charge in [-0.25, -0.2) is 8.42 Å². The van der Waals surface area contributed by atoms with E-state index in [-0.39, 0.29) is 6.04 Å². The molecule has 21 heavy (non-hydrogen) atoms. The molecule has 0 bridgehead atoms. The Labute approximate surface area is 134 Å². The van der Waals surface area contributed by atoms with Gasteiger partial charge in [0.1, 0.15) is 0 Å². The third-order valence-corrected chi connectivity index (χ3v) is 7.29. The van der Waals surface area contributed by atoms with Gasteiger partial charge in [0.05, 0.1) is 4.90 Å². The molecule has 0 amide bonds. The number of halogens is 1. The Morgan fingerprint density at radius 1 is 1.24 bits per heavy atom. The lowest BCUT2D eigenvalue weighted by atomic mass is 9.79. The number of aryl methyl sites for hydroxylation is 1. The highest BCUT2D eigenvalue weighted by Gasteiger charge is 2.42. The molecule has 1 aliphatic heterocycles. The van der Waals surface area contributed by atoms with Crippen LogP contribution in [0.3, 0.4) is 0 Å². The molecule has 2 fully saturated rings. The second-order valence-corrected chi connectivity index (χ2v) is 9.15. The molecular weight excluding hydrogens is 352 g/mol. The molecule has 1 saturated carbocycles. The van der Waals surface area contributed by atoms with Crippen molar-refractivity contribution in [2.24, 2.45) is 17.6 Å². The summed E-state index contributed by atoms with van der Waals surface area (Å²) in [7, 11) is -3.41. The number of nitrogens with zero attached hydrogens (tertiary/aromatic N) is 1. The number of rotatable bonds is 2. The lowest BCUT2D eigenvalue weighted by molar-refractivity contribution is 0.271. The van der Waals surface area contributed by atoms with E-state index in [0.29, 0.717) is 29.8 Å². The van der Waals surface area contributed by atoms with Crippen LogP contribution < -0.4 is 5.73 Å². The van der Waals surface area contributed by atoms with Crippen molar-refractivity contribution < 1.29 is 8.42 Å². The Kier molecular flexibility index (Phi) is 4.16. The molecule has 1 aromatic rings. The van der Waals surface area contributed by atoms with Crippen molar-refractivity contribution in [1.29, 1.82) is 0 Å². The zero-order chi connectivity index (χ0) is 15.2. The minimum atomic E-state index is -3.41. The molecule has 0 radical (unpaired) electrons. The minimum Gasteiger partial charge on any atom is -0.328 e. The molecule has 6 heteroatoms. The molecule has 1 saturated heterocycles. The monoisotopic (exact) mass is 372 g/mol. The van der Waals surface area contributed by atoms with Crippen LogP contribution in [-0.2, 0) is 10.0 Å². The molecule has 0 spiro atoms. The van der Waals surface area contributed by atoms with Crippen LogP contribution in [0, 0.1) is 18.8 Å². The number of nitrogens with two attached hydrogens (primary N) is 1. The van der Waals surface area contributed by atoms with E-state index < -0.39 is 10.0 Å². The van der Waals surface area contributed by atoms with Crippen LogP contribution in [0.25, 0.3) is 0 Å². The second kappa shape index (κ2) is 5.65. The maximum absolute atomic E-state index is 12.9. The highest BCUT2D eigenvalue weighted by Crippen LogP contribution is 2.38. The van der Waals surface area contributed by atoms with Crippen molar-refractivity contribution in [1.82, 2.24) is 4.31 Å². The number of hydrogen-bond acceptors (Lipinski definition) is 3. The van der Waals surface area contributed by atoms with Gasteiger partial charge in [0, 0.05) is 23.6 Å². The molecule has 1 aliphatic carbocycles. The fourth-order valence-corrected chi connectivity index (χ4v) is 5.93. The van der Waals surface area contributed by atoms with Crippen molar-refractivity contribution in [2.75, 3.05) is 13.1 Å². The Hall–Kier alpha value is -0.430. The highest BCUT2D eigenvalue weighted by molar-refractivity contribution is 9.10. The number of benzene rings is 1. The molecule has 4 nitrogen and oxygen atoms in total. The Bertz CT molecular complexity index is 647. The molecule has 116 valence electrons. The maximum Gasteiger partial charge on any atom is 0.243 e. The Balaban J connectivity index is 1.88. The van der Waals surface area contributed by atoms with E-state index in [2.05, 4.69) is 15.9 Å². The minimum absolute atomic E-state index is 0.238. The van der Waals surface area contributed by atoms with E-state index in [1.807, 2.05) is 19.1 Å². The Morgan fingerprint density at radius 2 is 1.95 bits per heavy atom. The third kappa shape index (κ3) is 2.91. The summed E-state index contributed by atoms with van der Waals surface area (Å²) < 4.78 is 28.3. The van der Waals surface area contributed by atoms with Gasteiger partial charge in [0.15, 0.2) is 0 Å². The zero-order valence-corrected chi connectivity index (χ0v) is 14.5. The normalized spacial score (nSPS) is 30.3. The summed E-state index contributed by atoms with van der Waals surface area (Å²) in [4.78, 5) is 0.417. The van der Waals surface area contributed by atoms with Gasteiger partial charge in [-0.3, -0.25) is 0 Å². The third-order valence-electron chi connectivity index (χ3n) is 4.82. The second-order valence-electron chi connectivity index (χ2n) is 6.33. The predicted molar refractivity (Wildman–Crippen MR) is 86.4 cm³/mol. The molecule has 1 heterocycles. The predicted octanol–water partition coefficient (Wildman–Crippen LogP) is 2.51. The van der Waals surface area contributed by atoms with Crippen LogP contribution in [0.1, 0.15) is 24.8 Å². The zero-order valence-electron chi connectivity index (χ0n) is 12.1. The van der Waals surface area contributed by atoms with Gasteiger partial charge in [-0.1, -0.05) is 22.0 Å². The molecule has 2 N–H and O–H groups in total. The quantitative estimate of drug-likeness (QED) is 0.867. The maximum atomic E-state index is 12.9. The van der Waals surface area contributed by atoms with Gasteiger partial charge in [-0.05, 0) is 55.7 Å². The van der Waals surface area contributed by atoms with E-state index in [1.54, 1.807) is 10.4 Å². The van der Waals surface area contributed by atoms with Gasteiger partial charge in [0.2, 0.25) is 10.0 Å². The lowest BCUT2D eigenvalue weighted by Crippen LogP contribution is -2.32. The number of hydrogen-bond donors (Lipinski definition) is 1. The van der Waals surface area contributed by atoms with Gasteiger partial charge in [-0.2, -0.15) is 4.31 Å². The number of fused-ring (bicyclic) bond motifs is 1. The van der Waals surface area contributed by atoms with Crippen molar-refractivity contribution in [3.63, 3.8) is 0 Å². The average molecular weight is 373 g/mol. The van der Waals surface area contributed by atoms with Crippen molar-refractivity contribution in [3.8, 4) is 0 Å². The van der Waals surface area contributed by atoms with Gasteiger partial charge < -0.3 is 5.73 Å². The molecule has 1 unspecified atom stereocenters. The summed E-state index contributed by atoms with van der Waals surface area (Å²) in [6.07, 6.45) is 3.02. The summed E-state index contributed by atoms with van der Waals surface area (Å²) in [5.41, 5.74) is 6.82. The van der Waals surface area contributed by atoms with Crippen LogP contribution in [0.2, 0.25) is 0 Å². The van der Waals surface area contributed by atoms with Crippen LogP contribution in [-0.4, -0.2) is 31.9 Å². The van der Waals surface area contributed by atoms with Crippen LogP contribution in [0.5, 0.6) is 0 Å². The summed E-state index contributed by atoms with van der Waals surface area (Å²) in [6, 6.07) is 5.66. The van der Waals surface area contributed by atoms with E-state index in [4.69, 9.17) is 5.73 Å². The van der Waals surface area contributed by atoms with Crippen molar-refractivity contribution >= 4 is 26.0 Å². The van der Waals surface area contributed by atoms with Gasteiger partial charge in [-0.15, -0.1) is 0 Å². The largest absolute Gasteiger partial charge is 0.328 e. The topological polar surface area (TPSA) is 63.4 Å². The van der Waals surface area contributed by atoms with E-state index in [1.165, 1.54) is 0 Å². The molecular formula is C15H21BrN2O2S. The van der Waals surface area contributed by atoms with Crippen LogP contribution in [0.4, 0.5) is 0 Å². The van der Waals surface area contributed by atoms with E-state index >= 15 is 0 Å². The summed E-state index contributed by atoms with van der Waals surface area (Å²) >= 11 is 3.37. The SMILES string of the molecule is Cc1ccc(Br)cc1S(=O)(=O)N1C[C@H]2CCC(N)C[C@H]2C1. The first-order chi connectivity index (χ1) is 9.88. The Morgan fingerprint density at radius 3 is 2.71 bits per heavy atom. The fourth-order valence-electron chi connectivity index (χ4n) is 3.61. The molecule has 3 rings (SSSR count). The average Bonchev–Trinajstić information content (AvgIpc) is 2.85. The smallest absolute Gasteiger partial charge is 0.243 e. The molecule has 2 aliphatic rings.